The van der Waals surface area contributed by atoms with Crippen LogP contribution in [-0.2, 0) is 0 Å². The normalized spacial score (nSPS) is 10.8. The molecule has 0 fully saturated rings. The summed E-state index contributed by atoms with van der Waals surface area (Å²) >= 11 is 6.70. The zero-order valence-corrected chi connectivity index (χ0v) is 18.9. The lowest BCUT2D eigenvalue weighted by Gasteiger charge is -2.13. The van der Waals surface area contributed by atoms with Gasteiger partial charge in [0.2, 0.25) is 4.96 Å². The molecule has 0 aliphatic heterocycles. The predicted molar refractivity (Wildman–Crippen MR) is 125 cm³/mol. The van der Waals surface area contributed by atoms with E-state index in [1.54, 1.807) is 4.52 Å². The number of benzene rings is 2. The van der Waals surface area contributed by atoms with Gasteiger partial charge in [0.05, 0.1) is 4.92 Å². The summed E-state index contributed by atoms with van der Waals surface area (Å²) in [6, 6.07) is 10.0. The Morgan fingerprint density at radius 3 is 2.66 bits per heavy atom. The fraction of sp³-hybridized carbons (Fsp3) is 0.150. The van der Waals surface area contributed by atoms with Gasteiger partial charge in [-0.25, -0.2) is 0 Å². The Hall–Kier alpha value is -3.77. The summed E-state index contributed by atoms with van der Waals surface area (Å²) in [6.07, 6.45) is 0. The van der Waals surface area contributed by atoms with Crippen molar-refractivity contribution in [3.63, 3.8) is 0 Å². The molecule has 162 valence electrons. The van der Waals surface area contributed by atoms with Crippen molar-refractivity contribution in [1.29, 1.82) is 0 Å². The second-order valence-electron chi connectivity index (χ2n) is 6.99. The van der Waals surface area contributed by atoms with Gasteiger partial charge in [0.1, 0.15) is 5.01 Å². The minimum atomic E-state index is -0.522. The van der Waals surface area contributed by atoms with Crippen LogP contribution in [-0.4, -0.2) is 35.8 Å². The molecule has 0 unspecified atom stereocenters. The Morgan fingerprint density at radius 1 is 1.19 bits per heavy atom. The minimum absolute atomic E-state index is 0.0890. The topological polar surface area (TPSA) is 127 Å². The highest BCUT2D eigenvalue weighted by atomic mass is 32.1. The first-order valence-corrected chi connectivity index (χ1v) is 10.6. The molecule has 2 heterocycles. The van der Waals surface area contributed by atoms with E-state index in [1.807, 2.05) is 32.0 Å². The number of aromatic nitrogens is 4. The van der Waals surface area contributed by atoms with Gasteiger partial charge in [0, 0.05) is 28.4 Å². The van der Waals surface area contributed by atoms with E-state index in [0.29, 0.717) is 5.69 Å². The Bertz CT molecular complexity index is 1390. The average molecular weight is 468 g/mol. The lowest BCUT2D eigenvalue weighted by molar-refractivity contribution is -0.385. The third kappa shape index (κ3) is 4.05. The monoisotopic (exact) mass is 467 g/mol. The predicted octanol–water partition coefficient (Wildman–Crippen LogP) is 3.81. The number of anilines is 1. The number of nitro groups is 1. The number of carbonyl (C=O) groups excluding carboxylic acids is 1. The summed E-state index contributed by atoms with van der Waals surface area (Å²) < 4.78 is 1.70. The fourth-order valence-corrected chi connectivity index (χ4v) is 4.24. The highest BCUT2D eigenvalue weighted by Crippen LogP contribution is 2.28. The standard InChI is InChI=1S/C20H17N7O3S2/c1-10-9-13(18-25-26-12(3)23-24-20(26)32-18)7-8-15(10)21-19(31)22-17(28)14-5-4-6-16(11(14)2)27(29)30/h4-9H,1-3H3,(H2,21,22,28,31). The second kappa shape index (κ2) is 8.40. The molecule has 4 aromatic rings. The molecule has 12 heteroatoms. The lowest BCUT2D eigenvalue weighted by Crippen LogP contribution is -2.34. The number of aryl methyl sites for hydroxylation is 2. The number of thiocarbonyl (C=S) groups is 1. The second-order valence-corrected chi connectivity index (χ2v) is 8.36. The van der Waals surface area contributed by atoms with Crippen molar-refractivity contribution in [1.82, 2.24) is 25.1 Å². The molecule has 0 atom stereocenters. The highest BCUT2D eigenvalue weighted by Gasteiger charge is 2.19. The van der Waals surface area contributed by atoms with Gasteiger partial charge in [0.25, 0.3) is 11.6 Å². The molecular weight excluding hydrogens is 450 g/mol. The molecule has 10 nitrogen and oxygen atoms in total. The van der Waals surface area contributed by atoms with Crippen LogP contribution in [0.3, 0.4) is 0 Å². The maximum atomic E-state index is 12.6. The van der Waals surface area contributed by atoms with Crippen LogP contribution in [0, 0.1) is 30.9 Å². The summed E-state index contributed by atoms with van der Waals surface area (Å²) in [6.45, 7) is 5.28. The van der Waals surface area contributed by atoms with Gasteiger partial charge in [0.15, 0.2) is 10.9 Å². The number of nitrogens with zero attached hydrogens (tertiary/aromatic N) is 5. The zero-order valence-electron chi connectivity index (χ0n) is 17.2. The first kappa shape index (κ1) is 21.5. The molecule has 0 saturated heterocycles. The number of hydrogen-bond donors (Lipinski definition) is 2. The first-order chi connectivity index (χ1) is 15.2. The van der Waals surface area contributed by atoms with E-state index < -0.39 is 10.8 Å². The van der Waals surface area contributed by atoms with Crippen LogP contribution in [0.15, 0.2) is 36.4 Å². The van der Waals surface area contributed by atoms with E-state index in [2.05, 4.69) is 25.9 Å². The minimum Gasteiger partial charge on any atom is -0.332 e. The molecular formula is C20H17N7O3S2. The average Bonchev–Trinajstić information content (AvgIpc) is 3.31. The number of carbonyl (C=O) groups is 1. The number of nitro benzene ring substituents is 1. The van der Waals surface area contributed by atoms with Crippen molar-refractivity contribution < 1.29 is 9.72 Å². The van der Waals surface area contributed by atoms with E-state index in [9.17, 15) is 14.9 Å². The Kier molecular flexibility index (Phi) is 5.63. The van der Waals surface area contributed by atoms with Crippen LogP contribution in [0.4, 0.5) is 11.4 Å². The summed E-state index contributed by atoms with van der Waals surface area (Å²) in [4.78, 5) is 23.9. The molecule has 2 N–H and O–H groups in total. The quantitative estimate of drug-likeness (QED) is 0.263. The number of fused-ring (bicyclic) bond motifs is 1. The number of nitrogens with one attached hydrogen (secondary N) is 2. The molecule has 0 spiro atoms. The van der Waals surface area contributed by atoms with Gasteiger partial charge in [-0.1, -0.05) is 17.4 Å². The Balaban J connectivity index is 1.48. The lowest BCUT2D eigenvalue weighted by atomic mass is 10.1. The molecule has 2 aromatic carbocycles. The number of rotatable bonds is 4. The van der Waals surface area contributed by atoms with Gasteiger partial charge in [-0.3, -0.25) is 20.2 Å². The van der Waals surface area contributed by atoms with E-state index in [0.717, 1.165) is 26.9 Å². The number of hydrogen-bond acceptors (Lipinski definition) is 8. The zero-order chi connectivity index (χ0) is 23.0. The van der Waals surface area contributed by atoms with E-state index >= 15 is 0 Å². The van der Waals surface area contributed by atoms with Gasteiger partial charge in [-0.15, -0.1) is 10.2 Å². The number of amides is 1. The summed E-state index contributed by atoms with van der Waals surface area (Å²) in [7, 11) is 0. The maximum Gasteiger partial charge on any atom is 0.273 e. The van der Waals surface area contributed by atoms with Gasteiger partial charge < -0.3 is 5.32 Å². The highest BCUT2D eigenvalue weighted by molar-refractivity contribution is 7.80. The molecule has 1 amide bonds. The largest absolute Gasteiger partial charge is 0.332 e. The molecule has 0 aliphatic rings. The SMILES string of the molecule is Cc1cc(-c2nn3c(C)nnc3s2)ccc1NC(=S)NC(=O)c1cccc([N+](=O)[O-])c1C. The van der Waals surface area contributed by atoms with Crippen LogP contribution in [0.1, 0.15) is 27.3 Å². The molecule has 0 bridgehead atoms. The van der Waals surface area contributed by atoms with E-state index in [-0.39, 0.29) is 21.9 Å². The van der Waals surface area contributed by atoms with Gasteiger partial charge in [-0.05, 0) is 62.8 Å². The fourth-order valence-electron chi connectivity index (χ4n) is 3.16. The molecule has 32 heavy (non-hydrogen) atoms. The Morgan fingerprint density at radius 2 is 1.97 bits per heavy atom. The van der Waals surface area contributed by atoms with Crippen LogP contribution in [0.2, 0.25) is 0 Å². The third-order valence-corrected chi connectivity index (χ3v) is 5.99. The summed E-state index contributed by atoms with van der Waals surface area (Å²) in [5.74, 6) is 0.200. The van der Waals surface area contributed by atoms with E-state index in [4.69, 9.17) is 12.2 Å². The molecule has 2 aromatic heterocycles. The smallest absolute Gasteiger partial charge is 0.273 e. The molecule has 0 saturated carbocycles. The summed E-state index contributed by atoms with van der Waals surface area (Å²) in [5, 5.41) is 30.2. The van der Waals surface area contributed by atoms with Crippen LogP contribution >= 0.6 is 23.6 Å². The van der Waals surface area contributed by atoms with Crippen molar-refractivity contribution in [3.05, 3.63) is 69.0 Å². The first-order valence-electron chi connectivity index (χ1n) is 9.41. The van der Waals surface area contributed by atoms with Gasteiger partial charge >= 0.3 is 0 Å². The van der Waals surface area contributed by atoms with Crippen molar-refractivity contribution >= 4 is 50.9 Å². The molecule has 4 rings (SSSR count). The summed E-state index contributed by atoms with van der Waals surface area (Å²) in [5.41, 5.74) is 2.88. The molecule has 0 aliphatic carbocycles. The van der Waals surface area contributed by atoms with Crippen molar-refractivity contribution in [2.45, 2.75) is 20.8 Å². The van der Waals surface area contributed by atoms with Crippen molar-refractivity contribution in [3.8, 4) is 10.6 Å². The Labute approximate surface area is 191 Å². The van der Waals surface area contributed by atoms with Crippen molar-refractivity contribution in [2.24, 2.45) is 0 Å². The van der Waals surface area contributed by atoms with Crippen LogP contribution in [0.5, 0.6) is 0 Å². The molecule has 0 radical (unpaired) electrons. The van der Waals surface area contributed by atoms with Crippen LogP contribution in [0.25, 0.3) is 15.5 Å². The third-order valence-electron chi connectivity index (χ3n) is 4.84. The van der Waals surface area contributed by atoms with Crippen LogP contribution < -0.4 is 10.6 Å². The van der Waals surface area contributed by atoms with E-state index in [1.165, 1.54) is 36.5 Å². The maximum absolute atomic E-state index is 12.6. The van der Waals surface area contributed by atoms with Crippen molar-refractivity contribution in [2.75, 3.05) is 5.32 Å². The van der Waals surface area contributed by atoms with Gasteiger partial charge in [-0.2, -0.15) is 9.61 Å².